The summed E-state index contributed by atoms with van der Waals surface area (Å²) in [6.45, 7) is 7.49. The molecule has 0 saturated heterocycles. The number of aliphatic carboxylic acids is 1. The van der Waals surface area contributed by atoms with Crippen molar-refractivity contribution in [2.45, 2.75) is 46.1 Å². The highest BCUT2D eigenvalue weighted by Crippen LogP contribution is 2.15. The van der Waals surface area contributed by atoms with Crippen molar-refractivity contribution in [1.82, 2.24) is 10.5 Å². The molecule has 0 aliphatic carbocycles. The fraction of sp³-hybridized carbons (Fsp3) is 0.615. The second-order valence-electron chi connectivity index (χ2n) is 4.94. The molecular weight excluding hydrogens is 248 g/mol. The van der Waals surface area contributed by atoms with E-state index in [9.17, 15) is 9.59 Å². The number of hydrogen-bond acceptors (Lipinski definition) is 4. The standard InChI is InChI=1S/C13H20N2O4/c1-5-8(4)11(13(17)18)14-12(16)9-6-10(7(2)3)19-15-9/h6-8,11H,5H2,1-4H3,(H,14,16)(H,17,18)/t8-,11-/m0/s1. The molecule has 0 bridgehead atoms. The normalized spacial score (nSPS) is 14.2. The number of nitrogens with zero attached hydrogens (tertiary/aromatic N) is 1. The van der Waals surface area contributed by atoms with Crippen LogP contribution in [-0.4, -0.2) is 28.2 Å². The van der Waals surface area contributed by atoms with Crippen LogP contribution >= 0.6 is 0 Å². The van der Waals surface area contributed by atoms with Gasteiger partial charge in [0.15, 0.2) is 5.69 Å². The van der Waals surface area contributed by atoms with Gasteiger partial charge in [0.25, 0.3) is 5.91 Å². The molecule has 1 amide bonds. The van der Waals surface area contributed by atoms with Gasteiger partial charge >= 0.3 is 5.97 Å². The van der Waals surface area contributed by atoms with Crippen molar-refractivity contribution < 1.29 is 19.2 Å². The predicted octanol–water partition coefficient (Wildman–Crippen LogP) is 2.03. The third-order valence-electron chi connectivity index (χ3n) is 3.10. The van der Waals surface area contributed by atoms with Gasteiger partial charge in [-0.2, -0.15) is 0 Å². The third-order valence-corrected chi connectivity index (χ3v) is 3.10. The first-order chi connectivity index (χ1) is 8.86. The van der Waals surface area contributed by atoms with Gasteiger partial charge in [-0.1, -0.05) is 39.3 Å². The smallest absolute Gasteiger partial charge is 0.326 e. The van der Waals surface area contributed by atoms with Gasteiger partial charge in [-0.25, -0.2) is 4.79 Å². The molecule has 106 valence electrons. The van der Waals surface area contributed by atoms with Crippen molar-refractivity contribution in [3.8, 4) is 0 Å². The van der Waals surface area contributed by atoms with Gasteiger partial charge in [0.2, 0.25) is 0 Å². The molecule has 0 aromatic carbocycles. The Labute approximate surface area is 112 Å². The lowest BCUT2D eigenvalue weighted by molar-refractivity contribution is -0.140. The first kappa shape index (κ1) is 15.2. The van der Waals surface area contributed by atoms with Crippen LogP contribution in [0.5, 0.6) is 0 Å². The number of aromatic nitrogens is 1. The molecule has 6 nitrogen and oxygen atoms in total. The topological polar surface area (TPSA) is 92.4 Å². The zero-order chi connectivity index (χ0) is 14.6. The molecule has 0 spiro atoms. The Hall–Kier alpha value is -1.85. The van der Waals surface area contributed by atoms with Gasteiger partial charge < -0.3 is 14.9 Å². The van der Waals surface area contributed by atoms with E-state index in [0.29, 0.717) is 12.2 Å². The highest BCUT2D eigenvalue weighted by molar-refractivity contribution is 5.95. The second-order valence-corrected chi connectivity index (χ2v) is 4.94. The molecule has 19 heavy (non-hydrogen) atoms. The van der Waals surface area contributed by atoms with E-state index in [4.69, 9.17) is 9.63 Å². The van der Waals surface area contributed by atoms with Crippen molar-refractivity contribution in [2.24, 2.45) is 5.92 Å². The lowest BCUT2D eigenvalue weighted by atomic mass is 9.99. The molecule has 0 saturated carbocycles. The SMILES string of the molecule is CC[C@H](C)[C@H](NC(=O)c1cc(C(C)C)on1)C(=O)O. The van der Waals surface area contributed by atoms with Crippen LogP contribution in [0.25, 0.3) is 0 Å². The summed E-state index contributed by atoms with van der Waals surface area (Å²) in [7, 11) is 0. The number of rotatable bonds is 6. The maximum absolute atomic E-state index is 11.9. The molecule has 1 rings (SSSR count). The van der Waals surface area contributed by atoms with Crippen LogP contribution in [-0.2, 0) is 4.79 Å². The molecule has 0 unspecified atom stereocenters. The maximum atomic E-state index is 11.9. The Kier molecular flexibility index (Phi) is 5.09. The quantitative estimate of drug-likeness (QED) is 0.823. The Morgan fingerprint density at radius 2 is 2.05 bits per heavy atom. The van der Waals surface area contributed by atoms with Crippen LogP contribution in [0.3, 0.4) is 0 Å². The van der Waals surface area contributed by atoms with E-state index in [1.807, 2.05) is 20.8 Å². The molecule has 0 aliphatic heterocycles. The number of carbonyl (C=O) groups excluding carboxylic acids is 1. The highest BCUT2D eigenvalue weighted by Gasteiger charge is 2.27. The molecular formula is C13H20N2O4. The number of carboxylic acids is 1. The van der Waals surface area contributed by atoms with E-state index >= 15 is 0 Å². The van der Waals surface area contributed by atoms with Gasteiger partial charge in [-0.15, -0.1) is 0 Å². The van der Waals surface area contributed by atoms with Gasteiger partial charge in [0.1, 0.15) is 11.8 Å². The minimum absolute atomic E-state index is 0.109. The first-order valence-electron chi connectivity index (χ1n) is 6.37. The largest absolute Gasteiger partial charge is 0.480 e. The molecule has 1 aromatic heterocycles. The number of carboxylic acid groups (broad SMARTS) is 1. The van der Waals surface area contributed by atoms with E-state index in [1.165, 1.54) is 6.07 Å². The van der Waals surface area contributed by atoms with E-state index in [2.05, 4.69) is 10.5 Å². The highest BCUT2D eigenvalue weighted by atomic mass is 16.5. The van der Waals surface area contributed by atoms with Crippen LogP contribution in [0.2, 0.25) is 0 Å². The van der Waals surface area contributed by atoms with Crippen LogP contribution in [0.1, 0.15) is 56.3 Å². The first-order valence-corrected chi connectivity index (χ1v) is 6.37. The zero-order valence-corrected chi connectivity index (χ0v) is 11.6. The van der Waals surface area contributed by atoms with Gasteiger partial charge in [0, 0.05) is 12.0 Å². The minimum atomic E-state index is -1.05. The summed E-state index contributed by atoms with van der Waals surface area (Å²) in [5, 5.41) is 15.2. The third kappa shape index (κ3) is 3.81. The van der Waals surface area contributed by atoms with Crippen molar-refractivity contribution in [2.75, 3.05) is 0 Å². The minimum Gasteiger partial charge on any atom is -0.480 e. The van der Waals surface area contributed by atoms with Crippen LogP contribution in [0, 0.1) is 5.92 Å². The summed E-state index contributed by atoms with van der Waals surface area (Å²) in [4.78, 5) is 23.0. The average molecular weight is 268 g/mol. The molecule has 2 N–H and O–H groups in total. The van der Waals surface area contributed by atoms with Crippen LogP contribution in [0.15, 0.2) is 10.6 Å². The lowest BCUT2D eigenvalue weighted by Crippen LogP contribution is -2.45. The molecule has 0 aliphatic rings. The summed E-state index contributed by atoms with van der Waals surface area (Å²) in [6.07, 6.45) is 0.660. The summed E-state index contributed by atoms with van der Waals surface area (Å²) >= 11 is 0. The van der Waals surface area contributed by atoms with Gasteiger partial charge in [-0.3, -0.25) is 4.79 Å². The summed E-state index contributed by atoms with van der Waals surface area (Å²) in [5.74, 6) is -1.00. The van der Waals surface area contributed by atoms with Crippen molar-refractivity contribution in [1.29, 1.82) is 0 Å². The number of nitrogens with one attached hydrogen (secondary N) is 1. The van der Waals surface area contributed by atoms with E-state index in [0.717, 1.165) is 0 Å². The molecule has 6 heteroatoms. The molecule has 2 atom stereocenters. The Morgan fingerprint density at radius 3 is 2.47 bits per heavy atom. The number of carbonyl (C=O) groups is 2. The Bertz CT molecular complexity index is 453. The van der Waals surface area contributed by atoms with Crippen LogP contribution in [0.4, 0.5) is 0 Å². The lowest BCUT2D eigenvalue weighted by Gasteiger charge is -2.19. The van der Waals surface area contributed by atoms with E-state index < -0.39 is 17.9 Å². The van der Waals surface area contributed by atoms with Gasteiger partial charge in [-0.05, 0) is 5.92 Å². The molecule has 1 aromatic rings. The Balaban J connectivity index is 2.79. The van der Waals surface area contributed by atoms with Crippen molar-refractivity contribution >= 4 is 11.9 Å². The average Bonchev–Trinajstić information content (AvgIpc) is 2.84. The summed E-state index contributed by atoms with van der Waals surface area (Å²) < 4.78 is 5.02. The fourth-order valence-corrected chi connectivity index (χ4v) is 1.57. The summed E-state index contributed by atoms with van der Waals surface area (Å²) in [5.41, 5.74) is 0.109. The Morgan fingerprint density at radius 1 is 1.42 bits per heavy atom. The maximum Gasteiger partial charge on any atom is 0.326 e. The van der Waals surface area contributed by atoms with Crippen molar-refractivity contribution in [3.63, 3.8) is 0 Å². The van der Waals surface area contributed by atoms with E-state index in [-0.39, 0.29) is 17.5 Å². The van der Waals surface area contributed by atoms with Crippen LogP contribution < -0.4 is 5.32 Å². The number of amides is 1. The summed E-state index contributed by atoms with van der Waals surface area (Å²) in [6, 6.07) is 0.618. The van der Waals surface area contributed by atoms with Crippen molar-refractivity contribution in [3.05, 3.63) is 17.5 Å². The zero-order valence-electron chi connectivity index (χ0n) is 11.6. The molecule has 1 heterocycles. The van der Waals surface area contributed by atoms with Gasteiger partial charge in [0.05, 0.1) is 0 Å². The molecule has 0 fully saturated rings. The number of hydrogen-bond donors (Lipinski definition) is 2. The molecule has 0 radical (unpaired) electrons. The fourth-order valence-electron chi connectivity index (χ4n) is 1.57. The second kappa shape index (κ2) is 6.36. The predicted molar refractivity (Wildman–Crippen MR) is 68.9 cm³/mol. The monoisotopic (exact) mass is 268 g/mol. The van der Waals surface area contributed by atoms with E-state index in [1.54, 1.807) is 6.92 Å².